The summed E-state index contributed by atoms with van der Waals surface area (Å²) in [5.41, 5.74) is 2.21. The van der Waals surface area contributed by atoms with Gasteiger partial charge in [0.1, 0.15) is 0 Å². The Kier molecular flexibility index (Phi) is 11.6. The van der Waals surface area contributed by atoms with Gasteiger partial charge in [0.2, 0.25) is 6.79 Å². The summed E-state index contributed by atoms with van der Waals surface area (Å²) in [7, 11) is -6.33. The maximum atomic E-state index is 7.41. The van der Waals surface area contributed by atoms with Crippen molar-refractivity contribution in [1.82, 2.24) is 0 Å². The molecule has 0 aromatic heterocycles. The number of hydrogen-bond donors (Lipinski definition) is 0. The molecule has 1 aromatic rings. The number of benzene rings is 1. The highest BCUT2D eigenvalue weighted by molar-refractivity contribution is 6.78. The van der Waals surface area contributed by atoms with Crippen LogP contribution < -0.4 is 9.47 Å². The van der Waals surface area contributed by atoms with Crippen LogP contribution in [-0.4, -0.2) is 45.0 Å². The topological polar surface area (TPSA) is 46.2 Å². The number of allylic oxidation sites excluding steroid dienone is 2. The summed E-state index contributed by atoms with van der Waals surface area (Å²) in [6.45, 7) is 38.9. The molecule has 45 heavy (non-hydrogen) atoms. The Bertz CT molecular complexity index is 1170. The maximum Gasteiger partial charge on any atom is 0.258 e. The third kappa shape index (κ3) is 8.04. The Morgan fingerprint density at radius 3 is 1.73 bits per heavy atom. The van der Waals surface area contributed by atoms with E-state index in [0.717, 1.165) is 23.7 Å². The van der Waals surface area contributed by atoms with Crippen LogP contribution >= 0.6 is 0 Å². The molecule has 1 aliphatic heterocycles. The van der Waals surface area contributed by atoms with Gasteiger partial charge in [-0.15, -0.1) is 0 Å². The summed E-state index contributed by atoms with van der Waals surface area (Å²) in [4.78, 5) is 0. The van der Waals surface area contributed by atoms with Gasteiger partial charge in [-0.1, -0.05) is 101 Å². The van der Waals surface area contributed by atoms with E-state index >= 15 is 0 Å². The second kappa shape index (κ2) is 13.7. The van der Waals surface area contributed by atoms with E-state index in [2.05, 4.69) is 146 Å². The highest BCUT2D eigenvalue weighted by Gasteiger charge is 2.49. The van der Waals surface area contributed by atoms with E-state index in [-0.39, 0.29) is 22.8 Å². The normalized spacial score (nSPS) is 19.4. The Balaban J connectivity index is 2.25. The van der Waals surface area contributed by atoms with Crippen LogP contribution in [0.3, 0.4) is 0 Å². The molecule has 1 aliphatic carbocycles. The van der Waals surface area contributed by atoms with Crippen molar-refractivity contribution in [3.8, 4) is 11.5 Å². The minimum atomic E-state index is -2.17. The molecule has 8 heteroatoms. The van der Waals surface area contributed by atoms with Crippen molar-refractivity contribution in [2.45, 2.75) is 148 Å². The number of rotatable bonds is 12. The minimum Gasteiger partial charge on any atom is -0.546 e. The zero-order valence-electron chi connectivity index (χ0n) is 31.6. The van der Waals surface area contributed by atoms with Gasteiger partial charge in [-0.2, -0.15) is 0 Å². The van der Waals surface area contributed by atoms with Crippen LogP contribution in [0.15, 0.2) is 42.2 Å². The van der Waals surface area contributed by atoms with Gasteiger partial charge in [0.25, 0.3) is 8.32 Å². The van der Waals surface area contributed by atoms with Crippen LogP contribution in [0, 0.1) is 5.41 Å². The van der Waals surface area contributed by atoms with Gasteiger partial charge < -0.3 is 22.8 Å². The molecule has 0 spiro atoms. The molecule has 3 rings (SSSR count). The molecule has 1 unspecified atom stereocenters. The average Bonchev–Trinajstić information content (AvgIpc) is 3.29. The third-order valence-electron chi connectivity index (χ3n) is 11.5. The lowest BCUT2D eigenvalue weighted by Crippen LogP contribution is -2.49. The van der Waals surface area contributed by atoms with Crippen molar-refractivity contribution >= 4 is 25.0 Å². The van der Waals surface area contributed by atoms with Crippen LogP contribution in [0.2, 0.25) is 52.9 Å². The molecule has 0 saturated heterocycles. The molecule has 0 radical (unpaired) electrons. The van der Waals surface area contributed by atoms with E-state index in [1.54, 1.807) is 0 Å². The summed E-state index contributed by atoms with van der Waals surface area (Å²) in [6.07, 6.45) is 7.95. The van der Waals surface area contributed by atoms with Crippen LogP contribution in [0.25, 0.3) is 0 Å². The van der Waals surface area contributed by atoms with Gasteiger partial charge in [-0.3, -0.25) is 0 Å². The molecule has 256 valence electrons. The van der Waals surface area contributed by atoms with E-state index in [4.69, 9.17) is 22.8 Å². The standard InChI is InChI=1S/C37H66O5Si3/c1-27(2)45(28(3)4,29(5)6)42-31-18-17-21-37(24-40-43(13,14)35(7,8)9,25-41-44(15,16)36(10,11)12)32(23-31)30-19-20-33-34(22-30)39-26-38-33/h17,19-23,27-29,32H,18,24-26H2,1-16H3. The second-order valence-electron chi connectivity index (χ2n) is 17.6. The molecule has 1 aromatic carbocycles. The second-order valence-corrected chi connectivity index (χ2v) is 32.6. The lowest BCUT2D eigenvalue weighted by atomic mass is 9.73. The van der Waals surface area contributed by atoms with Gasteiger partial charge in [0.05, 0.1) is 5.76 Å². The fourth-order valence-corrected chi connectivity index (χ4v) is 13.9. The van der Waals surface area contributed by atoms with E-state index in [0.29, 0.717) is 29.8 Å². The van der Waals surface area contributed by atoms with Gasteiger partial charge in [-0.05, 0) is 76.7 Å². The van der Waals surface area contributed by atoms with Crippen molar-refractivity contribution in [3.05, 3.63) is 47.7 Å². The van der Waals surface area contributed by atoms with E-state index in [1.165, 1.54) is 5.56 Å². The van der Waals surface area contributed by atoms with Crippen molar-refractivity contribution in [2.24, 2.45) is 5.41 Å². The van der Waals surface area contributed by atoms with Crippen molar-refractivity contribution in [2.75, 3.05) is 20.0 Å². The average molecular weight is 675 g/mol. The Hall–Kier alpha value is -1.33. The summed E-state index contributed by atoms with van der Waals surface area (Å²) >= 11 is 0. The van der Waals surface area contributed by atoms with Crippen molar-refractivity contribution in [3.63, 3.8) is 0 Å². The third-order valence-corrected chi connectivity index (χ3v) is 26.5. The molecule has 2 aliphatic rings. The predicted molar refractivity (Wildman–Crippen MR) is 198 cm³/mol. The van der Waals surface area contributed by atoms with E-state index in [1.807, 2.05) is 0 Å². The Labute approximate surface area is 279 Å². The van der Waals surface area contributed by atoms with Gasteiger partial charge >= 0.3 is 0 Å². The number of fused-ring (bicyclic) bond motifs is 1. The smallest absolute Gasteiger partial charge is 0.258 e. The van der Waals surface area contributed by atoms with Crippen molar-refractivity contribution in [1.29, 1.82) is 0 Å². The van der Waals surface area contributed by atoms with Gasteiger partial charge in [0.15, 0.2) is 28.1 Å². The predicted octanol–water partition coefficient (Wildman–Crippen LogP) is 11.6. The molecular formula is C37H66O5Si3. The zero-order valence-corrected chi connectivity index (χ0v) is 34.6. The fraction of sp³-hybridized carbons (Fsp3) is 0.730. The van der Waals surface area contributed by atoms with Crippen LogP contribution in [0.1, 0.15) is 101 Å². The first kappa shape index (κ1) is 38.1. The monoisotopic (exact) mass is 674 g/mol. The molecule has 5 nitrogen and oxygen atoms in total. The first-order valence-corrected chi connectivity index (χ1v) is 25.2. The Morgan fingerprint density at radius 1 is 0.778 bits per heavy atom. The Morgan fingerprint density at radius 2 is 1.27 bits per heavy atom. The molecule has 1 heterocycles. The lowest BCUT2D eigenvalue weighted by Gasteiger charge is -2.45. The van der Waals surface area contributed by atoms with Gasteiger partial charge in [0, 0.05) is 31.0 Å². The van der Waals surface area contributed by atoms with Crippen LogP contribution in [0.5, 0.6) is 11.5 Å². The van der Waals surface area contributed by atoms with Gasteiger partial charge in [-0.25, -0.2) is 0 Å². The fourth-order valence-electron chi connectivity index (χ4n) is 6.50. The largest absolute Gasteiger partial charge is 0.546 e. The quantitative estimate of drug-likeness (QED) is 0.163. The molecule has 0 saturated carbocycles. The SMILES string of the molecule is CC(C)[Si](OC1=CC(c2ccc3c(c2)OCO3)C(CO[Si](C)(C)C(C)(C)C)(CO[Si](C)(C)C(C)(C)C)C=CC1)(C(C)C)C(C)C. The summed E-state index contributed by atoms with van der Waals surface area (Å²) in [5.74, 6) is 2.65. The molecule has 0 N–H and O–H groups in total. The number of ether oxygens (including phenoxy) is 2. The molecule has 0 amide bonds. The molecular weight excluding hydrogens is 609 g/mol. The van der Waals surface area contributed by atoms with E-state index < -0.39 is 30.4 Å². The summed E-state index contributed by atoms with van der Waals surface area (Å²) in [5, 5.41) is 0.191. The number of hydrogen-bond acceptors (Lipinski definition) is 5. The van der Waals surface area contributed by atoms with Crippen LogP contribution in [0.4, 0.5) is 0 Å². The first-order valence-electron chi connectivity index (χ1n) is 17.2. The molecule has 1 atom stereocenters. The highest BCUT2D eigenvalue weighted by atomic mass is 28.4. The van der Waals surface area contributed by atoms with E-state index in [9.17, 15) is 0 Å². The van der Waals surface area contributed by atoms with Crippen LogP contribution in [-0.2, 0) is 13.3 Å². The molecule has 0 bridgehead atoms. The minimum absolute atomic E-state index is 0.0338. The summed E-state index contributed by atoms with van der Waals surface area (Å²) in [6, 6.07) is 6.44. The maximum absolute atomic E-state index is 7.41. The first-order chi connectivity index (χ1) is 20.5. The zero-order chi connectivity index (χ0) is 34.2. The van der Waals surface area contributed by atoms with Crippen molar-refractivity contribution < 1.29 is 22.8 Å². The lowest BCUT2D eigenvalue weighted by molar-refractivity contribution is 0.0911. The molecule has 0 fully saturated rings. The summed E-state index contributed by atoms with van der Waals surface area (Å²) < 4.78 is 33.3. The highest BCUT2D eigenvalue weighted by Crippen LogP contribution is 2.50.